The molecule has 6 nitrogen and oxygen atoms in total. The molecule has 0 saturated heterocycles. The summed E-state index contributed by atoms with van der Waals surface area (Å²) in [6.45, 7) is 0. The second-order valence-corrected chi connectivity index (χ2v) is 5.22. The molecule has 8 heteroatoms. The SMILES string of the molecule is Cn1cc(C(=O)Nc2ccc(Cl)cc2Cl)c(=O)n(C)c1=O. The van der Waals surface area contributed by atoms with Gasteiger partial charge in [0.2, 0.25) is 0 Å². The van der Waals surface area contributed by atoms with Crippen LogP contribution in [0.4, 0.5) is 5.69 Å². The summed E-state index contributed by atoms with van der Waals surface area (Å²) in [6, 6.07) is 4.55. The molecule has 0 atom stereocenters. The number of hydrogen-bond acceptors (Lipinski definition) is 3. The molecule has 110 valence electrons. The molecule has 0 aliphatic rings. The Kier molecular flexibility index (Phi) is 4.20. The van der Waals surface area contributed by atoms with E-state index < -0.39 is 17.2 Å². The van der Waals surface area contributed by atoms with E-state index in [1.807, 2.05) is 0 Å². The molecule has 1 aromatic carbocycles. The minimum absolute atomic E-state index is 0.161. The molecule has 2 aromatic rings. The molecule has 0 aliphatic heterocycles. The van der Waals surface area contributed by atoms with E-state index >= 15 is 0 Å². The lowest BCUT2D eigenvalue weighted by atomic mass is 10.2. The van der Waals surface area contributed by atoms with Crippen molar-refractivity contribution in [2.24, 2.45) is 14.1 Å². The summed E-state index contributed by atoms with van der Waals surface area (Å²) in [4.78, 5) is 35.7. The Labute approximate surface area is 129 Å². The van der Waals surface area contributed by atoms with Gasteiger partial charge in [0, 0.05) is 25.3 Å². The summed E-state index contributed by atoms with van der Waals surface area (Å²) < 4.78 is 2.01. The van der Waals surface area contributed by atoms with E-state index in [-0.39, 0.29) is 10.6 Å². The van der Waals surface area contributed by atoms with Crippen LogP contribution in [0.2, 0.25) is 10.0 Å². The zero-order valence-electron chi connectivity index (χ0n) is 11.2. The first-order valence-electron chi connectivity index (χ1n) is 5.84. The van der Waals surface area contributed by atoms with Crippen molar-refractivity contribution in [3.8, 4) is 0 Å². The van der Waals surface area contributed by atoms with E-state index in [0.717, 1.165) is 9.13 Å². The lowest BCUT2D eigenvalue weighted by Gasteiger charge is -2.09. The fourth-order valence-corrected chi connectivity index (χ4v) is 2.20. The first kappa shape index (κ1) is 15.3. The van der Waals surface area contributed by atoms with Crippen LogP contribution in [-0.2, 0) is 14.1 Å². The Bertz CT molecular complexity index is 840. The smallest absolute Gasteiger partial charge is 0.320 e. The Morgan fingerprint density at radius 3 is 2.48 bits per heavy atom. The van der Waals surface area contributed by atoms with Crippen molar-refractivity contribution in [1.29, 1.82) is 0 Å². The number of nitrogens with zero attached hydrogens (tertiary/aromatic N) is 2. The summed E-state index contributed by atoms with van der Waals surface area (Å²) in [5.74, 6) is -0.657. The van der Waals surface area contributed by atoms with E-state index in [9.17, 15) is 14.4 Å². The number of halogens is 2. The molecule has 0 bridgehead atoms. The van der Waals surface area contributed by atoms with Crippen LogP contribution in [0.15, 0.2) is 34.0 Å². The quantitative estimate of drug-likeness (QED) is 0.911. The predicted molar refractivity (Wildman–Crippen MR) is 81.3 cm³/mol. The molecule has 0 spiro atoms. The molecular weight excluding hydrogens is 317 g/mol. The van der Waals surface area contributed by atoms with Gasteiger partial charge in [-0.2, -0.15) is 0 Å². The number of carbonyl (C=O) groups excluding carboxylic acids is 1. The van der Waals surface area contributed by atoms with E-state index in [1.54, 1.807) is 6.07 Å². The van der Waals surface area contributed by atoms with Gasteiger partial charge in [-0.3, -0.25) is 14.2 Å². The van der Waals surface area contributed by atoms with Gasteiger partial charge < -0.3 is 9.88 Å². The van der Waals surface area contributed by atoms with Gasteiger partial charge in [-0.15, -0.1) is 0 Å². The molecule has 0 saturated carbocycles. The van der Waals surface area contributed by atoms with Gasteiger partial charge in [-0.1, -0.05) is 23.2 Å². The molecule has 1 N–H and O–H groups in total. The number of benzene rings is 1. The Balaban J connectivity index is 2.42. The highest BCUT2D eigenvalue weighted by molar-refractivity contribution is 6.36. The third kappa shape index (κ3) is 3.01. The molecule has 21 heavy (non-hydrogen) atoms. The number of aromatic nitrogens is 2. The topological polar surface area (TPSA) is 73.1 Å². The molecule has 0 fully saturated rings. The minimum Gasteiger partial charge on any atom is -0.320 e. The first-order chi connectivity index (χ1) is 9.81. The average Bonchev–Trinajstić information content (AvgIpc) is 2.43. The summed E-state index contributed by atoms with van der Waals surface area (Å²) in [7, 11) is 2.75. The zero-order chi connectivity index (χ0) is 15.7. The van der Waals surface area contributed by atoms with E-state index in [2.05, 4.69) is 5.32 Å². The van der Waals surface area contributed by atoms with E-state index in [1.165, 1.54) is 32.4 Å². The zero-order valence-corrected chi connectivity index (χ0v) is 12.7. The van der Waals surface area contributed by atoms with Gasteiger partial charge in [0.05, 0.1) is 10.7 Å². The van der Waals surface area contributed by atoms with Gasteiger partial charge in [-0.05, 0) is 18.2 Å². The van der Waals surface area contributed by atoms with Crippen molar-refractivity contribution in [3.63, 3.8) is 0 Å². The maximum Gasteiger partial charge on any atom is 0.330 e. The first-order valence-corrected chi connectivity index (χ1v) is 6.60. The summed E-state index contributed by atoms with van der Waals surface area (Å²) in [6.07, 6.45) is 1.18. The van der Waals surface area contributed by atoms with Crippen LogP contribution in [0.1, 0.15) is 10.4 Å². The van der Waals surface area contributed by atoms with Gasteiger partial charge in [-0.25, -0.2) is 4.79 Å². The van der Waals surface area contributed by atoms with Crippen molar-refractivity contribution in [1.82, 2.24) is 9.13 Å². The number of carbonyl (C=O) groups is 1. The lowest BCUT2D eigenvalue weighted by molar-refractivity contribution is 0.102. The van der Waals surface area contributed by atoms with Crippen LogP contribution < -0.4 is 16.6 Å². The second-order valence-electron chi connectivity index (χ2n) is 4.38. The van der Waals surface area contributed by atoms with Crippen LogP contribution in [0.25, 0.3) is 0 Å². The number of aryl methyl sites for hydroxylation is 1. The van der Waals surface area contributed by atoms with Crippen LogP contribution in [0.5, 0.6) is 0 Å². The fraction of sp³-hybridized carbons (Fsp3) is 0.154. The predicted octanol–water partition coefficient (Wildman–Crippen LogP) is 1.64. The normalized spacial score (nSPS) is 10.5. The van der Waals surface area contributed by atoms with Gasteiger partial charge in [0.25, 0.3) is 11.5 Å². The van der Waals surface area contributed by atoms with Crippen LogP contribution in [0.3, 0.4) is 0 Å². The lowest BCUT2D eigenvalue weighted by Crippen LogP contribution is -2.40. The van der Waals surface area contributed by atoms with Crippen molar-refractivity contribution >= 4 is 34.8 Å². The molecule has 0 unspecified atom stereocenters. The number of anilines is 1. The standard InChI is InChI=1S/C13H11Cl2N3O3/c1-17-6-8(12(20)18(2)13(17)21)11(19)16-10-4-3-7(14)5-9(10)15/h3-6H,1-2H3,(H,16,19). The molecule has 1 heterocycles. The third-order valence-electron chi connectivity index (χ3n) is 2.87. The highest BCUT2D eigenvalue weighted by atomic mass is 35.5. The molecular formula is C13H11Cl2N3O3. The largest absolute Gasteiger partial charge is 0.330 e. The van der Waals surface area contributed by atoms with Gasteiger partial charge >= 0.3 is 5.69 Å². The van der Waals surface area contributed by atoms with Crippen molar-refractivity contribution < 1.29 is 4.79 Å². The Hall–Kier alpha value is -2.05. The monoisotopic (exact) mass is 327 g/mol. The number of nitrogens with one attached hydrogen (secondary N) is 1. The van der Waals surface area contributed by atoms with Crippen molar-refractivity contribution in [3.05, 3.63) is 60.8 Å². The molecule has 1 amide bonds. The Morgan fingerprint density at radius 2 is 1.86 bits per heavy atom. The molecule has 0 aliphatic carbocycles. The van der Waals surface area contributed by atoms with E-state index in [4.69, 9.17) is 23.2 Å². The molecule has 1 aromatic heterocycles. The molecule has 0 radical (unpaired) electrons. The third-order valence-corrected chi connectivity index (χ3v) is 3.42. The van der Waals surface area contributed by atoms with Crippen LogP contribution >= 0.6 is 23.2 Å². The number of amides is 1. The maximum atomic E-state index is 12.2. The number of hydrogen-bond donors (Lipinski definition) is 1. The Morgan fingerprint density at radius 1 is 1.19 bits per heavy atom. The van der Waals surface area contributed by atoms with Gasteiger partial charge in [0.15, 0.2) is 0 Å². The summed E-state index contributed by atoms with van der Waals surface area (Å²) in [5.41, 5.74) is -1.03. The maximum absolute atomic E-state index is 12.2. The van der Waals surface area contributed by atoms with Crippen molar-refractivity contribution in [2.75, 3.05) is 5.32 Å². The highest BCUT2D eigenvalue weighted by Crippen LogP contribution is 2.25. The van der Waals surface area contributed by atoms with E-state index in [0.29, 0.717) is 10.7 Å². The van der Waals surface area contributed by atoms with Gasteiger partial charge in [0.1, 0.15) is 5.56 Å². The average molecular weight is 328 g/mol. The fourth-order valence-electron chi connectivity index (χ4n) is 1.74. The summed E-state index contributed by atoms with van der Waals surface area (Å²) in [5, 5.41) is 3.18. The summed E-state index contributed by atoms with van der Waals surface area (Å²) >= 11 is 11.7. The second kappa shape index (κ2) is 5.75. The van der Waals surface area contributed by atoms with Crippen molar-refractivity contribution in [2.45, 2.75) is 0 Å². The minimum atomic E-state index is -0.680. The van der Waals surface area contributed by atoms with Crippen LogP contribution in [0, 0.1) is 0 Å². The number of rotatable bonds is 2. The highest BCUT2D eigenvalue weighted by Gasteiger charge is 2.16. The van der Waals surface area contributed by atoms with Crippen LogP contribution in [-0.4, -0.2) is 15.0 Å². The molecule has 2 rings (SSSR count).